The Morgan fingerprint density at radius 3 is 2.60 bits per heavy atom. The molecule has 7 nitrogen and oxygen atoms in total. The molecule has 0 unspecified atom stereocenters. The topological polar surface area (TPSA) is 86.0 Å². The van der Waals surface area contributed by atoms with E-state index in [0.717, 1.165) is 6.04 Å². The highest BCUT2D eigenvalue weighted by Gasteiger charge is 2.18. The lowest BCUT2D eigenvalue weighted by Crippen LogP contribution is -2.22. The van der Waals surface area contributed by atoms with Gasteiger partial charge in [-0.25, -0.2) is 4.68 Å². The van der Waals surface area contributed by atoms with Crippen LogP contribution in [0.25, 0.3) is 0 Å². The molecular formula is C11H23BN2O5Si. The maximum Gasteiger partial charge on any atom is 0.708 e. The fourth-order valence-electron chi connectivity index (χ4n) is 1.50. The molecule has 2 N–H and O–H groups in total. The van der Waals surface area contributed by atoms with Gasteiger partial charge in [0, 0.05) is 28.0 Å². The molecule has 0 aliphatic rings. The van der Waals surface area contributed by atoms with Crippen molar-refractivity contribution in [3.05, 3.63) is 11.8 Å². The predicted molar refractivity (Wildman–Crippen MR) is 77.9 cm³/mol. The minimum atomic E-state index is -1.90. The Morgan fingerprint density at radius 1 is 1.35 bits per heavy atom. The lowest BCUT2D eigenvalue weighted by atomic mass is 10.2. The monoisotopic (exact) mass is 302 g/mol. The van der Waals surface area contributed by atoms with Crippen molar-refractivity contribution >= 4 is 15.4 Å². The average Bonchev–Trinajstić information content (AvgIpc) is 2.66. The largest absolute Gasteiger partial charge is 0.708 e. The molecule has 9 heteroatoms. The molecule has 1 aromatic rings. The molecule has 0 fully saturated rings. The van der Waals surface area contributed by atoms with Crippen molar-refractivity contribution in [1.29, 1.82) is 0 Å². The van der Waals surface area contributed by atoms with Crippen LogP contribution >= 0.6 is 0 Å². The number of aromatic nitrogens is 2. The molecule has 20 heavy (non-hydrogen) atoms. The number of methoxy groups -OCH3 is 1. The van der Waals surface area contributed by atoms with Crippen LogP contribution in [0.2, 0.25) is 25.7 Å². The number of hydrogen-bond acceptors (Lipinski definition) is 6. The second-order valence-corrected chi connectivity index (χ2v) is 11.3. The van der Waals surface area contributed by atoms with Crippen LogP contribution < -0.4 is 4.65 Å². The quantitative estimate of drug-likeness (QED) is 0.515. The fraction of sp³-hybridized carbons (Fsp3) is 0.727. The highest BCUT2D eigenvalue weighted by atomic mass is 28.3. The molecule has 0 aromatic carbocycles. The van der Waals surface area contributed by atoms with Gasteiger partial charge in [-0.3, -0.25) is 0 Å². The minimum Gasteiger partial charge on any atom is -0.496 e. The molecule has 0 radical (unpaired) electrons. The van der Waals surface area contributed by atoms with Gasteiger partial charge in [0.05, 0.1) is 12.2 Å². The van der Waals surface area contributed by atoms with Crippen molar-refractivity contribution in [2.24, 2.45) is 0 Å². The van der Waals surface area contributed by atoms with Crippen molar-refractivity contribution in [1.82, 2.24) is 9.78 Å². The summed E-state index contributed by atoms with van der Waals surface area (Å²) >= 11 is 0. The highest BCUT2D eigenvalue weighted by molar-refractivity contribution is 6.76. The molecule has 0 saturated heterocycles. The Kier molecular flexibility index (Phi) is 6.70. The molecule has 0 spiro atoms. The SMILES string of the molecule is COCc1cn(COCC[Si](C)(C)C)nc1OB(O)O. The van der Waals surface area contributed by atoms with E-state index in [4.69, 9.17) is 24.2 Å². The van der Waals surface area contributed by atoms with Crippen LogP contribution in [0.1, 0.15) is 5.56 Å². The summed E-state index contributed by atoms with van der Waals surface area (Å²) in [7, 11) is -1.46. The summed E-state index contributed by atoms with van der Waals surface area (Å²) in [6.07, 6.45) is 1.70. The van der Waals surface area contributed by atoms with E-state index in [1.807, 2.05) is 0 Å². The van der Waals surface area contributed by atoms with Crippen LogP contribution in [0.15, 0.2) is 6.20 Å². The van der Waals surface area contributed by atoms with Crippen LogP contribution in [0.4, 0.5) is 0 Å². The molecule has 114 valence electrons. The molecule has 1 heterocycles. The Bertz CT molecular complexity index is 408. The zero-order valence-electron chi connectivity index (χ0n) is 12.5. The lowest BCUT2D eigenvalue weighted by molar-refractivity contribution is 0.0777. The number of hydrogen-bond donors (Lipinski definition) is 2. The molecule has 1 aromatic heterocycles. The lowest BCUT2D eigenvalue weighted by Gasteiger charge is -2.15. The number of rotatable bonds is 9. The molecule has 0 amide bonds. The van der Waals surface area contributed by atoms with Crippen LogP contribution in [-0.2, 0) is 22.8 Å². The molecule has 0 atom stereocenters. The standard InChI is InChI=1S/C11H23BN2O5Si/c1-17-8-10-7-14(13-11(10)19-12(15)16)9-18-5-6-20(2,3)4/h7,15-16H,5-6,8-9H2,1-4H3. The first-order chi connectivity index (χ1) is 9.31. The van der Waals surface area contributed by atoms with Gasteiger partial charge in [0.25, 0.3) is 0 Å². The van der Waals surface area contributed by atoms with E-state index in [9.17, 15) is 0 Å². The van der Waals surface area contributed by atoms with Gasteiger partial charge in [0.15, 0.2) is 0 Å². The smallest absolute Gasteiger partial charge is 0.496 e. The third kappa shape index (κ3) is 6.53. The highest BCUT2D eigenvalue weighted by Crippen LogP contribution is 2.17. The maximum atomic E-state index is 8.83. The van der Waals surface area contributed by atoms with Crippen molar-refractivity contribution < 1.29 is 24.2 Å². The first-order valence-electron chi connectivity index (χ1n) is 6.47. The summed E-state index contributed by atoms with van der Waals surface area (Å²) in [6.45, 7) is 8.12. The Morgan fingerprint density at radius 2 is 2.05 bits per heavy atom. The van der Waals surface area contributed by atoms with Crippen LogP contribution in [-0.4, -0.2) is 48.9 Å². The summed E-state index contributed by atoms with van der Waals surface area (Å²) in [5.41, 5.74) is 0.634. The number of ether oxygens (including phenoxy) is 2. The second kappa shape index (κ2) is 7.79. The Hall–Kier alpha value is -0.868. The third-order valence-electron chi connectivity index (χ3n) is 2.54. The normalized spacial score (nSPS) is 11.7. The van der Waals surface area contributed by atoms with Gasteiger partial charge in [-0.15, -0.1) is 5.10 Å². The predicted octanol–water partition coefficient (Wildman–Crippen LogP) is 0.690. The van der Waals surface area contributed by atoms with E-state index in [-0.39, 0.29) is 12.5 Å². The Labute approximate surface area is 120 Å². The molecule has 0 aliphatic heterocycles. The van der Waals surface area contributed by atoms with Gasteiger partial charge in [0.1, 0.15) is 6.73 Å². The van der Waals surface area contributed by atoms with E-state index in [2.05, 4.69) is 24.7 Å². The van der Waals surface area contributed by atoms with Gasteiger partial charge in [-0.2, -0.15) is 0 Å². The summed E-state index contributed by atoms with van der Waals surface area (Å²) in [5, 5.41) is 21.7. The van der Waals surface area contributed by atoms with Gasteiger partial charge in [0.2, 0.25) is 5.88 Å². The maximum absolute atomic E-state index is 8.83. The first kappa shape index (κ1) is 17.2. The molecule has 0 saturated carbocycles. The van der Waals surface area contributed by atoms with Gasteiger partial charge in [-0.05, 0) is 6.04 Å². The summed E-state index contributed by atoms with van der Waals surface area (Å²) in [5.74, 6) is 0.135. The van der Waals surface area contributed by atoms with Crippen LogP contribution in [0.3, 0.4) is 0 Å². The molecule has 0 bridgehead atoms. The molecule has 1 rings (SSSR count). The van der Waals surface area contributed by atoms with Crippen molar-refractivity contribution in [3.8, 4) is 5.88 Å². The van der Waals surface area contributed by atoms with E-state index in [1.54, 1.807) is 18.0 Å². The number of nitrogens with zero attached hydrogens (tertiary/aromatic N) is 2. The Balaban J connectivity index is 2.53. The molecular weight excluding hydrogens is 279 g/mol. The van der Waals surface area contributed by atoms with E-state index in [1.165, 1.54) is 0 Å². The van der Waals surface area contributed by atoms with Gasteiger partial charge in [-0.1, -0.05) is 19.6 Å². The second-order valence-electron chi connectivity index (χ2n) is 5.72. The van der Waals surface area contributed by atoms with E-state index >= 15 is 0 Å². The molecule has 0 aliphatic carbocycles. The van der Waals surface area contributed by atoms with Crippen molar-refractivity contribution in [2.75, 3.05) is 13.7 Å². The van der Waals surface area contributed by atoms with Gasteiger partial charge >= 0.3 is 7.32 Å². The minimum absolute atomic E-state index is 0.135. The van der Waals surface area contributed by atoms with E-state index < -0.39 is 15.4 Å². The zero-order chi connectivity index (χ0) is 15.2. The summed E-state index contributed by atoms with van der Waals surface area (Å²) in [6, 6.07) is 1.08. The fourth-order valence-corrected chi connectivity index (χ4v) is 2.26. The van der Waals surface area contributed by atoms with Crippen LogP contribution in [0.5, 0.6) is 5.88 Å². The summed E-state index contributed by atoms with van der Waals surface area (Å²) < 4.78 is 16.9. The van der Waals surface area contributed by atoms with Crippen molar-refractivity contribution in [3.63, 3.8) is 0 Å². The average molecular weight is 302 g/mol. The van der Waals surface area contributed by atoms with E-state index in [0.29, 0.717) is 18.9 Å². The third-order valence-corrected chi connectivity index (χ3v) is 4.24. The zero-order valence-corrected chi connectivity index (χ0v) is 13.5. The van der Waals surface area contributed by atoms with Crippen molar-refractivity contribution in [2.45, 2.75) is 39.0 Å². The van der Waals surface area contributed by atoms with Gasteiger partial charge < -0.3 is 24.2 Å². The van der Waals surface area contributed by atoms with Crippen LogP contribution in [0, 0.1) is 0 Å². The summed E-state index contributed by atoms with van der Waals surface area (Å²) in [4.78, 5) is 0. The first-order valence-corrected chi connectivity index (χ1v) is 10.2.